The van der Waals surface area contributed by atoms with Crippen LogP contribution in [0.5, 0.6) is 0 Å². The van der Waals surface area contributed by atoms with E-state index in [9.17, 15) is 0 Å². The van der Waals surface area contributed by atoms with Crippen molar-refractivity contribution >= 4 is 22.2 Å². The van der Waals surface area contributed by atoms with Crippen LogP contribution in [0, 0.1) is 6.92 Å². The van der Waals surface area contributed by atoms with Crippen molar-refractivity contribution in [2.45, 2.75) is 26.3 Å². The van der Waals surface area contributed by atoms with Gasteiger partial charge in [-0.15, -0.1) is 11.3 Å². The molecule has 0 aliphatic carbocycles. The first-order valence-corrected chi connectivity index (χ1v) is 8.24. The summed E-state index contributed by atoms with van der Waals surface area (Å²) in [6, 6.07) is 15.3. The van der Waals surface area contributed by atoms with Gasteiger partial charge in [0.2, 0.25) is 0 Å². The number of benzene rings is 1. The molecule has 0 fully saturated rings. The highest BCUT2D eigenvalue weighted by molar-refractivity contribution is 7.12. The Morgan fingerprint density at radius 1 is 1.14 bits per heavy atom. The Bertz CT molecular complexity index is 727. The fourth-order valence-corrected chi connectivity index (χ4v) is 3.61. The lowest BCUT2D eigenvalue weighted by Gasteiger charge is -2.19. The number of nitrogens with one attached hydrogen (secondary N) is 1. The van der Waals surface area contributed by atoms with Crippen LogP contribution in [0.4, 0.5) is 0 Å². The molecule has 3 heteroatoms. The quantitative estimate of drug-likeness (QED) is 0.738. The topological polar surface area (TPSA) is 24.9 Å². The largest absolute Gasteiger partial charge is 0.306 e. The number of pyridine rings is 1. The number of hydrogen-bond acceptors (Lipinski definition) is 3. The zero-order chi connectivity index (χ0) is 14.7. The molecule has 1 atom stereocenters. The molecule has 0 aliphatic heterocycles. The van der Waals surface area contributed by atoms with Crippen molar-refractivity contribution in [2.24, 2.45) is 0 Å². The third kappa shape index (κ3) is 2.99. The van der Waals surface area contributed by atoms with Crippen LogP contribution in [0.3, 0.4) is 0 Å². The summed E-state index contributed by atoms with van der Waals surface area (Å²) in [4.78, 5) is 7.20. The van der Waals surface area contributed by atoms with Crippen LogP contribution in [-0.2, 0) is 0 Å². The van der Waals surface area contributed by atoms with Crippen LogP contribution in [0.15, 0.2) is 48.7 Å². The van der Waals surface area contributed by atoms with Gasteiger partial charge in [-0.1, -0.05) is 25.1 Å². The molecule has 108 valence electrons. The van der Waals surface area contributed by atoms with E-state index in [0.717, 1.165) is 18.5 Å². The first-order chi connectivity index (χ1) is 10.3. The summed E-state index contributed by atoms with van der Waals surface area (Å²) in [6.07, 6.45) is 2.99. The maximum absolute atomic E-state index is 4.48. The maximum Gasteiger partial charge on any atom is 0.0705 e. The van der Waals surface area contributed by atoms with Gasteiger partial charge in [-0.25, -0.2) is 0 Å². The lowest BCUT2D eigenvalue weighted by Crippen LogP contribution is -2.22. The van der Waals surface area contributed by atoms with Crippen molar-refractivity contribution in [3.63, 3.8) is 0 Å². The smallest absolute Gasteiger partial charge is 0.0705 e. The van der Waals surface area contributed by atoms with E-state index in [0.29, 0.717) is 0 Å². The SMILES string of the molecule is CCCNC(c1ccc(C)s1)c1cccc2ncccc12. The van der Waals surface area contributed by atoms with E-state index < -0.39 is 0 Å². The molecule has 2 heterocycles. The van der Waals surface area contributed by atoms with E-state index >= 15 is 0 Å². The number of aromatic nitrogens is 1. The predicted molar refractivity (Wildman–Crippen MR) is 90.9 cm³/mol. The molecule has 0 bridgehead atoms. The van der Waals surface area contributed by atoms with Crippen molar-refractivity contribution in [1.82, 2.24) is 10.3 Å². The number of thiophene rings is 1. The average molecular weight is 296 g/mol. The fourth-order valence-electron chi connectivity index (χ4n) is 2.64. The van der Waals surface area contributed by atoms with Crippen LogP contribution in [0.1, 0.15) is 34.7 Å². The third-order valence-corrected chi connectivity index (χ3v) is 4.70. The van der Waals surface area contributed by atoms with Crippen molar-refractivity contribution in [3.8, 4) is 0 Å². The first kappa shape index (κ1) is 14.2. The molecule has 2 nitrogen and oxygen atoms in total. The van der Waals surface area contributed by atoms with Gasteiger partial charge >= 0.3 is 0 Å². The number of nitrogens with zero attached hydrogens (tertiary/aromatic N) is 1. The van der Waals surface area contributed by atoms with E-state index in [1.165, 1.54) is 20.7 Å². The molecule has 0 spiro atoms. The molecule has 0 saturated carbocycles. The summed E-state index contributed by atoms with van der Waals surface area (Å²) in [5.41, 5.74) is 2.38. The second-order valence-electron chi connectivity index (χ2n) is 5.25. The Morgan fingerprint density at radius 3 is 2.81 bits per heavy atom. The molecule has 3 rings (SSSR count). The summed E-state index contributed by atoms with van der Waals surface area (Å²) in [6.45, 7) is 5.38. The standard InChI is InChI=1S/C18H20N2S/c1-3-11-20-18(17-10-9-13(2)21-17)15-6-4-8-16-14(15)7-5-12-19-16/h4-10,12,18,20H,3,11H2,1-2H3. The van der Waals surface area contributed by atoms with Crippen LogP contribution in [0.25, 0.3) is 10.9 Å². The average Bonchev–Trinajstić information content (AvgIpc) is 2.94. The van der Waals surface area contributed by atoms with Gasteiger partial charge in [0.25, 0.3) is 0 Å². The van der Waals surface area contributed by atoms with E-state index in [1.54, 1.807) is 0 Å². The van der Waals surface area contributed by atoms with Crippen LogP contribution < -0.4 is 5.32 Å². The van der Waals surface area contributed by atoms with E-state index in [-0.39, 0.29) is 6.04 Å². The molecule has 1 aromatic carbocycles. The molecule has 0 aliphatic rings. The summed E-state index contributed by atoms with van der Waals surface area (Å²) >= 11 is 1.87. The molecule has 2 aromatic heterocycles. The van der Waals surface area contributed by atoms with Gasteiger partial charge in [0.1, 0.15) is 0 Å². The third-order valence-electron chi connectivity index (χ3n) is 3.63. The van der Waals surface area contributed by atoms with Crippen molar-refractivity contribution in [1.29, 1.82) is 0 Å². The molecular formula is C18H20N2S. The Balaban J connectivity index is 2.09. The number of rotatable bonds is 5. The fraction of sp³-hybridized carbons (Fsp3) is 0.278. The second-order valence-corrected chi connectivity index (χ2v) is 6.57. The highest BCUT2D eigenvalue weighted by Gasteiger charge is 2.17. The number of aryl methyl sites for hydroxylation is 1. The zero-order valence-corrected chi connectivity index (χ0v) is 13.3. The normalized spacial score (nSPS) is 12.7. The van der Waals surface area contributed by atoms with Gasteiger partial charge in [0.05, 0.1) is 11.6 Å². The summed E-state index contributed by atoms with van der Waals surface area (Å²) in [5.74, 6) is 0. The zero-order valence-electron chi connectivity index (χ0n) is 12.5. The lowest BCUT2D eigenvalue weighted by molar-refractivity contribution is 0.609. The molecule has 1 unspecified atom stereocenters. The van der Waals surface area contributed by atoms with Gasteiger partial charge < -0.3 is 5.32 Å². The van der Waals surface area contributed by atoms with Gasteiger partial charge in [-0.2, -0.15) is 0 Å². The van der Waals surface area contributed by atoms with E-state index in [1.807, 2.05) is 23.6 Å². The monoisotopic (exact) mass is 296 g/mol. The summed E-state index contributed by atoms with van der Waals surface area (Å²) < 4.78 is 0. The van der Waals surface area contributed by atoms with Gasteiger partial charge in [0.15, 0.2) is 0 Å². The van der Waals surface area contributed by atoms with Gasteiger partial charge in [-0.05, 0) is 49.7 Å². The van der Waals surface area contributed by atoms with Crippen molar-refractivity contribution in [3.05, 3.63) is 64.0 Å². The van der Waals surface area contributed by atoms with Crippen LogP contribution in [0.2, 0.25) is 0 Å². The Morgan fingerprint density at radius 2 is 2.05 bits per heavy atom. The second kappa shape index (κ2) is 6.37. The van der Waals surface area contributed by atoms with Gasteiger partial charge in [0, 0.05) is 21.3 Å². The minimum atomic E-state index is 0.247. The highest BCUT2D eigenvalue weighted by atomic mass is 32.1. The summed E-state index contributed by atoms with van der Waals surface area (Å²) in [7, 11) is 0. The molecule has 3 aromatic rings. The minimum Gasteiger partial charge on any atom is -0.306 e. The molecule has 0 saturated heterocycles. The Labute approximate surface area is 129 Å². The van der Waals surface area contributed by atoms with Crippen LogP contribution in [-0.4, -0.2) is 11.5 Å². The van der Waals surface area contributed by atoms with Gasteiger partial charge in [-0.3, -0.25) is 4.98 Å². The predicted octanol–water partition coefficient (Wildman–Crippen LogP) is 4.69. The van der Waals surface area contributed by atoms with E-state index in [2.05, 4.69) is 60.5 Å². The molecular weight excluding hydrogens is 276 g/mol. The first-order valence-electron chi connectivity index (χ1n) is 7.43. The Kier molecular flexibility index (Phi) is 4.32. The lowest BCUT2D eigenvalue weighted by atomic mass is 10.00. The van der Waals surface area contributed by atoms with E-state index in [4.69, 9.17) is 0 Å². The number of fused-ring (bicyclic) bond motifs is 1. The van der Waals surface area contributed by atoms with Crippen LogP contribution >= 0.6 is 11.3 Å². The molecule has 21 heavy (non-hydrogen) atoms. The molecule has 0 amide bonds. The molecule has 0 radical (unpaired) electrons. The maximum atomic E-state index is 4.48. The molecule has 1 N–H and O–H groups in total. The Hall–Kier alpha value is -1.71. The minimum absolute atomic E-state index is 0.247. The number of hydrogen-bond donors (Lipinski definition) is 1. The van der Waals surface area contributed by atoms with Crippen molar-refractivity contribution in [2.75, 3.05) is 6.54 Å². The highest BCUT2D eigenvalue weighted by Crippen LogP contribution is 2.32. The summed E-state index contributed by atoms with van der Waals surface area (Å²) in [5, 5.41) is 4.93. The van der Waals surface area contributed by atoms with Crippen molar-refractivity contribution < 1.29 is 0 Å².